The summed E-state index contributed by atoms with van der Waals surface area (Å²) in [4.78, 5) is 0. The summed E-state index contributed by atoms with van der Waals surface area (Å²) in [7, 11) is -1.04. The minimum atomic E-state index is -3.03. The molecule has 0 aromatic carbocycles. The molecule has 1 heterocycles. The van der Waals surface area contributed by atoms with Gasteiger partial charge in [0, 0.05) is 19.6 Å². The van der Waals surface area contributed by atoms with Crippen molar-refractivity contribution in [2.45, 2.75) is 40.0 Å². The van der Waals surface area contributed by atoms with Gasteiger partial charge in [0.25, 0.3) is 0 Å². The van der Waals surface area contributed by atoms with Crippen LogP contribution in [-0.2, 0) is 10.0 Å². The lowest BCUT2D eigenvalue weighted by atomic mass is 9.71. The number of hydrogen-bond donors (Lipinski definition) is 1. The lowest BCUT2D eigenvalue weighted by Gasteiger charge is -2.40. The van der Waals surface area contributed by atoms with E-state index in [0.717, 1.165) is 25.8 Å². The van der Waals surface area contributed by atoms with E-state index in [1.54, 1.807) is 4.31 Å². The van der Waals surface area contributed by atoms with Crippen molar-refractivity contribution in [3.63, 3.8) is 0 Å². The van der Waals surface area contributed by atoms with Gasteiger partial charge in [-0.25, -0.2) is 12.7 Å². The van der Waals surface area contributed by atoms with Gasteiger partial charge in [0.05, 0.1) is 6.26 Å². The van der Waals surface area contributed by atoms with Gasteiger partial charge in [-0.1, -0.05) is 20.8 Å². The highest BCUT2D eigenvalue weighted by Gasteiger charge is 2.34. The third-order valence-corrected chi connectivity index (χ3v) is 5.95. The van der Waals surface area contributed by atoms with Gasteiger partial charge in [0.15, 0.2) is 0 Å². The first-order chi connectivity index (χ1) is 8.69. The molecule has 0 saturated carbocycles. The summed E-state index contributed by atoms with van der Waals surface area (Å²) >= 11 is 0. The third kappa shape index (κ3) is 4.72. The van der Waals surface area contributed by atoms with Crippen molar-refractivity contribution in [1.29, 1.82) is 0 Å². The molecule has 1 rings (SSSR count). The average molecular weight is 290 g/mol. The van der Waals surface area contributed by atoms with Gasteiger partial charge in [-0.3, -0.25) is 0 Å². The largest absolute Gasteiger partial charge is 0.319 e. The molecule has 5 heteroatoms. The van der Waals surface area contributed by atoms with E-state index in [1.165, 1.54) is 6.26 Å². The highest BCUT2D eigenvalue weighted by atomic mass is 32.2. The summed E-state index contributed by atoms with van der Waals surface area (Å²) in [6.07, 6.45) is 4.56. The summed E-state index contributed by atoms with van der Waals surface area (Å²) in [6.45, 7) is 9.21. The molecule has 0 radical (unpaired) electrons. The van der Waals surface area contributed by atoms with E-state index in [2.05, 4.69) is 26.1 Å². The zero-order chi connectivity index (χ0) is 14.7. The summed E-state index contributed by atoms with van der Waals surface area (Å²) in [5.41, 5.74) is 0.236. The van der Waals surface area contributed by atoms with Crippen LogP contribution < -0.4 is 5.32 Å². The normalized spacial score (nSPS) is 25.5. The fourth-order valence-corrected chi connectivity index (χ4v) is 4.01. The van der Waals surface area contributed by atoms with Gasteiger partial charge >= 0.3 is 0 Å². The summed E-state index contributed by atoms with van der Waals surface area (Å²) in [6, 6.07) is 0. The highest BCUT2D eigenvalue weighted by Crippen LogP contribution is 2.36. The zero-order valence-corrected chi connectivity index (χ0v) is 13.9. The second-order valence-electron chi connectivity index (χ2n) is 6.67. The molecule has 0 bridgehead atoms. The molecule has 1 aliphatic heterocycles. The molecule has 1 saturated heterocycles. The Balaban J connectivity index is 2.70. The zero-order valence-electron chi connectivity index (χ0n) is 13.1. The van der Waals surface area contributed by atoms with E-state index in [4.69, 9.17) is 0 Å². The number of nitrogens with zero attached hydrogens (tertiary/aromatic N) is 1. The lowest BCUT2D eigenvalue weighted by Crippen LogP contribution is -2.43. The van der Waals surface area contributed by atoms with Crippen molar-refractivity contribution in [3.8, 4) is 0 Å². The van der Waals surface area contributed by atoms with Crippen molar-refractivity contribution in [1.82, 2.24) is 9.62 Å². The smallest absolute Gasteiger partial charge is 0.211 e. The Morgan fingerprint density at radius 1 is 1.42 bits per heavy atom. The van der Waals surface area contributed by atoms with Gasteiger partial charge in [0.2, 0.25) is 10.0 Å². The summed E-state index contributed by atoms with van der Waals surface area (Å²) < 4.78 is 25.0. The molecule has 0 aliphatic carbocycles. The van der Waals surface area contributed by atoms with Gasteiger partial charge in [0.1, 0.15) is 0 Å². The first kappa shape index (κ1) is 16.9. The SMILES string of the molecule is CNCC(C)(CC1CCCN(S(C)(=O)=O)C1)C(C)C. The molecule has 4 nitrogen and oxygen atoms in total. The van der Waals surface area contributed by atoms with Crippen LogP contribution in [0.3, 0.4) is 0 Å². The second-order valence-corrected chi connectivity index (χ2v) is 8.65. The molecule has 1 N–H and O–H groups in total. The minimum Gasteiger partial charge on any atom is -0.319 e. The van der Waals surface area contributed by atoms with Crippen LogP contribution in [0.1, 0.15) is 40.0 Å². The van der Waals surface area contributed by atoms with Crippen molar-refractivity contribution < 1.29 is 8.42 Å². The van der Waals surface area contributed by atoms with Crippen molar-refractivity contribution in [2.24, 2.45) is 17.3 Å². The van der Waals surface area contributed by atoms with E-state index in [1.807, 2.05) is 7.05 Å². The van der Waals surface area contributed by atoms with Crippen LogP contribution in [0.5, 0.6) is 0 Å². The maximum Gasteiger partial charge on any atom is 0.211 e. The number of rotatable bonds is 6. The second kappa shape index (κ2) is 6.55. The van der Waals surface area contributed by atoms with Crippen molar-refractivity contribution >= 4 is 10.0 Å². The molecule has 114 valence electrons. The Morgan fingerprint density at radius 3 is 2.53 bits per heavy atom. The molecule has 2 unspecified atom stereocenters. The van der Waals surface area contributed by atoms with Gasteiger partial charge in [-0.15, -0.1) is 0 Å². The Morgan fingerprint density at radius 2 is 2.05 bits per heavy atom. The maximum absolute atomic E-state index is 11.7. The lowest BCUT2D eigenvalue weighted by molar-refractivity contribution is 0.129. The van der Waals surface area contributed by atoms with Gasteiger partial charge in [-0.2, -0.15) is 0 Å². The van der Waals surface area contributed by atoms with E-state index in [-0.39, 0.29) is 5.41 Å². The number of hydrogen-bond acceptors (Lipinski definition) is 3. The van der Waals surface area contributed by atoms with Gasteiger partial charge < -0.3 is 5.32 Å². The topological polar surface area (TPSA) is 49.4 Å². The van der Waals surface area contributed by atoms with Crippen LogP contribution >= 0.6 is 0 Å². The predicted octanol–water partition coefficient (Wildman–Crippen LogP) is 1.93. The quantitative estimate of drug-likeness (QED) is 0.813. The van der Waals surface area contributed by atoms with Crippen LogP contribution in [-0.4, -0.2) is 45.7 Å². The van der Waals surface area contributed by atoms with Crippen LogP contribution in [0.15, 0.2) is 0 Å². The van der Waals surface area contributed by atoms with Crippen LogP contribution in [0.4, 0.5) is 0 Å². The van der Waals surface area contributed by atoms with Crippen molar-refractivity contribution in [2.75, 3.05) is 32.9 Å². The van der Waals surface area contributed by atoms with Crippen LogP contribution in [0.2, 0.25) is 0 Å². The Hall–Kier alpha value is -0.130. The first-order valence-corrected chi connectivity index (χ1v) is 9.13. The molecular weight excluding hydrogens is 260 g/mol. The van der Waals surface area contributed by atoms with Crippen LogP contribution in [0, 0.1) is 17.3 Å². The monoisotopic (exact) mass is 290 g/mol. The molecule has 0 amide bonds. The van der Waals surface area contributed by atoms with E-state index in [0.29, 0.717) is 24.9 Å². The fourth-order valence-electron chi connectivity index (χ4n) is 3.07. The van der Waals surface area contributed by atoms with E-state index >= 15 is 0 Å². The minimum absolute atomic E-state index is 0.236. The number of nitrogens with one attached hydrogen (secondary N) is 1. The molecule has 19 heavy (non-hydrogen) atoms. The molecule has 0 aromatic heterocycles. The molecule has 1 fully saturated rings. The molecular formula is C14H30N2O2S. The first-order valence-electron chi connectivity index (χ1n) is 7.29. The maximum atomic E-state index is 11.7. The van der Waals surface area contributed by atoms with E-state index in [9.17, 15) is 8.42 Å². The number of piperidine rings is 1. The van der Waals surface area contributed by atoms with Crippen molar-refractivity contribution in [3.05, 3.63) is 0 Å². The standard InChI is InChI=1S/C14H30N2O2S/c1-12(2)14(3,11-15-4)9-13-7-6-8-16(10-13)19(5,17)18/h12-13,15H,6-11H2,1-5H3. The third-order valence-electron chi connectivity index (χ3n) is 4.68. The highest BCUT2D eigenvalue weighted by molar-refractivity contribution is 7.88. The fraction of sp³-hybridized carbons (Fsp3) is 1.00. The molecule has 0 aromatic rings. The Kier molecular flexibility index (Phi) is 5.83. The number of sulfonamides is 1. The molecule has 2 atom stereocenters. The average Bonchev–Trinajstić information content (AvgIpc) is 2.28. The van der Waals surface area contributed by atoms with Crippen LogP contribution in [0.25, 0.3) is 0 Å². The molecule has 0 spiro atoms. The summed E-state index contributed by atoms with van der Waals surface area (Å²) in [5, 5.41) is 3.29. The Bertz CT molecular complexity index is 381. The molecule has 1 aliphatic rings. The van der Waals surface area contributed by atoms with E-state index < -0.39 is 10.0 Å². The summed E-state index contributed by atoms with van der Waals surface area (Å²) in [5.74, 6) is 1.08. The predicted molar refractivity (Wildman–Crippen MR) is 80.6 cm³/mol. The van der Waals surface area contributed by atoms with Gasteiger partial charge in [-0.05, 0) is 43.6 Å². The Labute approximate surface area is 119 Å².